The molecule has 1 unspecified atom stereocenters. The molecule has 0 saturated heterocycles. The van der Waals surface area contributed by atoms with Gasteiger partial charge in [0.2, 0.25) is 10.0 Å². The van der Waals surface area contributed by atoms with Crippen molar-refractivity contribution in [1.29, 1.82) is 0 Å². The van der Waals surface area contributed by atoms with Crippen molar-refractivity contribution in [3.63, 3.8) is 0 Å². The molecular formula is C12H16FNO4S. The Morgan fingerprint density at radius 2 is 1.84 bits per heavy atom. The number of halogens is 1. The molecule has 1 aromatic carbocycles. The minimum absolute atomic E-state index is 0.0250. The molecule has 0 aliphatic heterocycles. The van der Waals surface area contributed by atoms with Gasteiger partial charge in [0.15, 0.2) is 0 Å². The normalized spacial score (nSPS) is 13.5. The van der Waals surface area contributed by atoms with Crippen molar-refractivity contribution in [3.05, 3.63) is 30.1 Å². The summed E-state index contributed by atoms with van der Waals surface area (Å²) >= 11 is 0. The molecule has 19 heavy (non-hydrogen) atoms. The highest BCUT2D eigenvalue weighted by Crippen LogP contribution is 2.13. The van der Waals surface area contributed by atoms with Crippen LogP contribution in [-0.4, -0.2) is 25.5 Å². The van der Waals surface area contributed by atoms with E-state index in [0.717, 1.165) is 24.3 Å². The van der Waals surface area contributed by atoms with Crippen LogP contribution in [-0.2, 0) is 14.8 Å². The number of sulfonamides is 1. The van der Waals surface area contributed by atoms with E-state index in [0.29, 0.717) is 0 Å². The molecule has 5 nitrogen and oxygen atoms in total. The molecule has 1 rings (SSSR count). The second kappa shape index (κ2) is 6.12. The van der Waals surface area contributed by atoms with Crippen LogP contribution in [0.5, 0.6) is 0 Å². The lowest BCUT2D eigenvalue weighted by Gasteiger charge is -2.16. The number of hydrogen-bond donors (Lipinski definition) is 2. The van der Waals surface area contributed by atoms with Crippen LogP contribution >= 0.6 is 0 Å². The first-order valence-corrected chi connectivity index (χ1v) is 7.21. The number of benzene rings is 1. The Morgan fingerprint density at radius 3 is 2.26 bits per heavy atom. The zero-order chi connectivity index (χ0) is 14.6. The van der Waals surface area contributed by atoms with Crippen molar-refractivity contribution in [2.75, 3.05) is 0 Å². The van der Waals surface area contributed by atoms with Gasteiger partial charge in [0.25, 0.3) is 0 Å². The molecule has 0 aliphatic rings. The highest BCUT2D eigenvalue weighted by molar-refractivity contribution is 7.89. The van der Waals surface area contributed by atoms with Crippen LogP contribution in [0, 0.1) is 11.7 Å². The summed E-state index contributed by atoms with van der Waals surface area (Å²) in [5.41, 5.74) is 0. The lowest BCUT2D eigenvalue weighted by atomic mass is 10.1. The third-order valence-corrected chi connectivity index (χ3v) is 3.91. The summed E-state index contributed by atoms with van der Waals surface area (Å²) in [7, 11) is -3.96. The number of rotatable bonds is 6. The maximum Gasteiger partial charge on any atom is 0.321 e. The molecule has 0 heterocycles. The summed E-state index contributed by atoms with van der Waals surface area (Å²) in [6, 6.07) is 2.99. The number of nitrogens with one attached hydrogen (secondary N) is 1. The summed E-state index contributed by atoms with van der Waals surface area (Å²) in [6.45, 7) is 3.59. The lowest BCUT2D eigenvalue weighted by molar-refractivity contribution is -0.139. The topological polar surface area (TPSA) is 83.5 Å². The van der Waals surface area contributed by atoms with Crippen molar-refractivity contribution < 1.29 is 22.7 Å². The van der Waals surface area contributed by atoms with Crippen LogP contribution in [0.25, 0.3) is 0 Å². The van der Waals surface area contributed by atoms with Gasteiger partial charge in [0.05, 0.1) is 4.90 Å². The van der Waals surface area contributed by atoms with Gasteiger partial charge in [-0.3, -0.25) is 4.79 Å². The number of hydrogen-bond acceptors (Lipinski definition) is 3. The molecule has 0 aromatic heterocycles. The van der Waals surface area contributed by atoms with Crippen LogP contribution in [0.2, 0.25) is 0 Å². The van der Waals surface area contributed by atoms with E-state index < -0.39 is 27.9 Å². The van der Waals surface area contributed by atoms with E-state index in [1.165, 1.54) is 0 Å². The Morgan fingerprint density at radius 1 is 1.32 bits per heavy atom. The fraction of sp³-hybridized carbons (Fsp3) is 0.417. The maximum absolute atomic E-state index is 12.7. The van der Waals surface area contributed by atoms with E-state index in [2.05, 4.69) is 4.72 Å². The number of aliphatic carboxylic acids is 1. The van der Waals surface area contributed by atoms with Gasteiger partial charge < -0.3 is 5.11 Å². The number of carboxylic acid groups (broad SMARTS) is 1. The van der Waals surface area contributed by atoms with Gasteiger partial charge >= 0.3 is 5.97 Å². The Labute approximate surface area is 111 Å². The lowest BCUT2D eigenvalue weighted by Crippen LogP contribution is -2.41. The summed E-state index contributed by atoms with van der Waals surface area (Å²) in [4.78, 5) is 10.8. The zero-order valence-corrected chi connectivity index (χ0v) is 11.4. The predicted octanol–water partition coefficient (Wildman–Crippen LogP) is 1.60. The van der Waals surface area contributed by atoms with E-state index in [9.17, 15) is 17.6 Å². The molecule has 0 spiro atoms. The van der Waals surface area contributed by atoms with E-state index in [-0.39, 0.29) is 17.2 Å². The molecule has 2 N–H and O–H groups in total. The number of carboxylic acids is 1. The standard InChI is InChI=1S/C12H16FNO4S/c1-8(2)7-11(12(15)16)14-19(17,18)10-5-3-9(13)4-6-10/h3-6,8,11,14H,7H2,1-2H3,(H,15,16). The van der Waals surface area contributed by atoms with Crippen LogP contribution in [0.3, 0.4) is 0 Å². The van der Waals surface area contributed by atoms with Crippen LogP contribution in [0.1, 0.15) is 20.3 Å². The average molecular weight is 289 g/mol. The molecule has 106 valence electrons. The van der Waals surface area contributed by atoms with E-state index >= 15 is 0 Å². The first-order valence-electron chi connectivity index (χ1n) is 5.73. The molecule has 0 fully saturated rings. The molecular weight excluding hydrogens is 273 g/mol. The Bertz CT molecular complexity index is 539. The Kier molecular flexibility index (Phi) is 5.02. The SMILES string of the molecule is CC(C)CC(NS(=O)(=O)c1ccc(F)cc1)C(=O)O. The van der Waals surface area contributed by atoms with Crippen molar-refractivity contribution in [3.8, 4) is 0 Å². The molecule has 0 amide bonds. The molecule has 0 bridgehead atoms. The molecule has 0 aliphatic carbocycles. The van der Waals surface area contributed by atoms with Crippen molar-refractivity contribution in [2.45, 2.75) is 31.2 Å². The fourth-order valence-electron chi connectivity index (χ4n) is 1.54. The maximum atomic E-state index is 12.7. The summed E-state index contributed by atoms with van der Waals surface area (Å²) < 4.78 is 38.7. The third kappa shape index (κ3) is 4.60. The monoisotopic (exact) mass is 289 g/mol. The highest BCUT2D eigenvalue weighted by Gasteiger charge is 2.25. The van der Waals surface area contributed by atoms with Crippen molar-refractivity contribution in [1.82, 2.24) is 4.72 Å². The summed E-state index contributed by atoms with van der Waals surface area (Å²) in [5, 5.41) is 8.99. The van der Waals surface area contributed by atoms with E-state index in [4.69, 9.17) is 5.11 Å². The van der Waals surface area contributed by atoms with Gasteiger partial charge in [0.1, 0.15) is 11.9 Å². The largest absolute Gasteiger partial charge is 0.480 e. The van der Waals surface area contributed by atoms with Gasteiger partial charge in [-0.2, -0.15) is 4.72 Å². The summed E-state index contributed by atoms with van der Waals surface area (Å²) in [6.07, 6.45) is 0.176. The van der Waals surface area contributed by atoms with Gasteiger partial charge in [0, 0.05) is 0 Å². The predicted molar refractivity (Wildman–Crippen MR) is 67.6 cm³/mol. The fourth-order valence-corrected chi connectivity index (χ4v) is 2.74. The summed E-state index contributed by atoms with van der Waals surface area (Å²) in [5.74, 6) is -1.77. The zero-order valence-electron chi connectivity index (χ0n) is 10.6. The van der Waals surface area contributed by atoms with Crippen LogP contribution in [0.15, 0.2) is 29.2 Å². The second-order valence-corrected chi connectivity index (χ2v) is 6.31. The van der Waals surface area contributed by atoms with Gasteiger partial charge in [-0.1, -0.05) is 13.8 Å². The Balaban J connectivity index is 2.94. The third-order valence-electron chi connectivity index (χ3n) is 2.43. The minimum atomic E-state index is -3.96. The smallest absolute Gasteiger partial charge is 0.321 e. The molecule has 1 aromatic rings. The van der Waals surface area contributed by atoms with Crippen LogP contribution < -0.4 is 4.72 Å². The first kappa shape index (κ1) is 15.6. The van der Waals surface area contributed by atoms with Crippen molar-refractivity contribution >= 4 is 16.0 Å². The van der Waals surface area contributed by atoms with Crippen LogP contribution in [0.4, 0.5) is 4.39 Å². The van der Waals surface area contributed by atoms with E-state index in [1.807, 2.05) is 0 Å². The Hall–Kier alpha value is -1.47. The average Bonchev–Trinajstić information content (AvgIpc) is 2.27. The molecule has 7 heteroatoms. The minimum Gasteiger partial charge on any atom is -0.480 e. The first-order chi connectivity index (χ1) is 8.72. The van der Waals surface area contributed by atoms with Gasteiger partial charge in [-0.05, 0) is 36.6 Å². The number of carbonyl (C=O) groups is 1. The highest BCUT2D eigenvalue weighted by atomic mass is 32.2. The second-order valence-electron chi connectivity index (χ2n) is 4.60. The molecule has 1 atom stereocenters. The van der Waals surface area contributed by atoms with E-state index in [1.54, 1.807) is 13.8 Å². The van der Waals surface area contributed by atoms with Crippen molar-refractivity contribution in [2.24, 2.45) is 5.92 Å². The quantitative estimate of drug-likeness (QED) is 0.833. The molecule has 0 saturated carbocycles. The van der Waals surface area contributed by atoms with Gasteiger partial charge in [-0.15, -0.1) is 0 Å². The van der Waals surface area contributed by atoms with Gasteiger partial charge in [-0.25, -0.2) is 12.8 Å². The molecule has 0 radical (unpaired) electrons.